The molecule has 1 N–H and O–H groups in total. The maximum absolute atomic E-state index is 11.8. The summed E-state index contributed by atoms with van der Waals surface area (Å²) in [7, 11) is 1.29. The third kappa shape index (κ3) is 4.47. The molecule has 0 saturated carbocycles. The number of ether oxygens (including phenoxy) is 3. The van der Waals surface area contributed by atoms with Gasteiger partial charge in [-0.3, -0.25) is 0 Å². The Kier molecular flexibility index (Phi) is 6.89. The minimum atomic E-state index is -0.962. The minimum absolute atomic E-state index is 0.236. The van der Waals surface area contributed by atoms with Crippen molar-refractivity contribution >= 4 is 17.7 Å². The molecule has 0 radical (unpaired) electrons. The quantitative estimate of drug-likeness (QED) is 0.801. The first-order valence-electron chi connectivity index (χ1n) is 7.77. The van der Waals surface area contributed by atoms with Crippen molar-refractivity contribution in [1.29, 1.82) is 0 Å². The molecule has 1 aromatic rings. The third-order valence-corrected chi connectivity index (χ3v) is 5.01. The van der Waals surface area contributed by atoms with Gasteiger partial charge < -0.3 is 19.3 Å². The molecular weight excluding hydrogens is 316 g/mol. The molecule has 1 aliphatic rings. The van der Waals surface area contributed by atoms with E-state index in [2.05, 4.69) is 0 Å². The lowest BCUT2D eigenvalue weighted by Crippen LogP contribution is -2.55. The summed E-state index contributed by atoms with van der Waals surface area (Å²) in [5.41, 5.74) is 0.746. The number of thioether (sulfide) groups is 1. The van der Waals surface area contributed by atoms with E-state index in [1.54, 1.807) is 11.8 Å². The highest BCUT2D eigenvalue weighted by molar-refractivity contribution is 7.99. The Morgan fingerprint density at radius 3 is 2.65 bits per heavy atom. The van der Waals surface area contributed by atoms with Gasteiger partial charge in [0.05, 0.1) is 25.9 Å². The maximum atomic E-state index is 11.8. The zero-order valence-electron chi connectivity index (χ0n) is 13.7. The van der Waals surface area contributed by atoms with Crippen molar-refractivity contribution in [2.75, 3.05) is 12.9 Å². The first kappa shape index (κ1) is 18.3. The Balaban J connectivity index is 2.08. The predicted molar refractivity (Wildman–Crippen MR) is 89.0 cm³/mol. The van der Waals surface area contributed by atoms with Crippen LogP contribution in [0.2, 0.25) is 0 Å². The molecule has 128 valence electrons. The van der Waals surface area contributed by atoms with Gasteiger partial charge in [-0.1, -0.05) is 44.2 Å². The Bertz CT molecular complexity index is 495. The second-order valence-electron chi connectivity index (χ2n) is 5.51. The molecule has 0 amide bonds. The van der Waals surface area contributed by atoms with Crippen LogP contribution in [0.25, 0.3) is 0 Å². The smallest absolute Gasteiger partial charge is 0.337 e. The lowest BCUT2D eigenvalue weighted by molar-refractivity contribution is -0.203. The van der Waals surface area contributed by atoms with Crippen LogP contribution >= 0.6 is 11.8 Å². The molecule has 5 nitrogen and oxygen atoms in total. The number of aliphatic hydroxyl groups excluding tert-OH is 1. The second kappa shape index (κ2) is 8.68. The highest BCUT2D eigenvalue weighted by Crippen LogP contribution is 2.34. The largest absolute Gasteiger partial charge is 0.467 e. The van der Waals surface area contributed by atoms with Crippen LogP contribution in [0.3, 0.4) is 0 Å². The molecule has 0 bridgehead atoms. The number of carbonyl (C=O) groups is 1. The summed E-state index contributed by atoms with van der Waals surface area (Å²) in [6.45, 7) is 4.34. The van der Waals surface area contributed by atoms with E-state index in [0.29, 0.717) is 6.61 Å². The normalized spacial score (nSPS) is 30.9. The number of hydrogen-bond donors (Lipinski definition) is 1. The maximum Gasteiger partial charge on any atom is 0.337 e. The van der Waals surface area contributed by atoms with E-state index in [0.717, 1.165) is 11.3 Å². The summed E-state index contributed by atoms with van der Waals surface area (Å²) >= 11 is 1.57. The van der Waals surface area contributed by atoms with E-state index in [1.165, 1.54) is 7.11 Å². The molecule has 6 heteroatoms. The van der Waals surface area contributed by atoms with Crippen molar-refractivity contribution < 1.29 is 24.1 Å². The lowest BCUT2D eigenvalue weighted by atomic mass is 9.91. The monoisotopic (exact) mass is 340 g/mol. The fourth-order valence-corrected chi connectivity index (χ4v) is 3.67. The standard InChI is InChI=1S/C17H24O5S/c1-4-23-17-14(21-10-12-8-6-5-7-9-12)11(2)13(18)15(22-17)16(19)20-3/h5-9,11,13-15,17-18H,4,10H2,1-3H3/t11-,13+,14?,15?,17-/m0/s1. The fourth-order valence-electron chi connectivity index (χ4n) is 2.63. The zero-order chi connectivity index (χ0) is 16.8. The molecule has 1 saturated heterocycles. The van der Waals surface area contributed by atoms with Crippen LogP contribution in [-0.2, 0) is 25.6 Å². The molecule has 0 aliphatic carbocycles. The number of aliphatic hydroxyl groups is 1. The SMILES string of the molecule is CCS[C@@H]1OC(C(=O)OC)[C@H](O)[C@H](C)C1OCc1ccccc1. The summed E-state index contributed by atoms with van der Waals surface area (Å²) in [5, 5.41) is 10.4. The molecule has 1 aliphatic heterocycles. The second-order valence-corrected chi connectivity index (χ2v) is 6.89. The molecule has 2 rings (SSSR count). The van der Waals surface area contributed by atoms with Gasteiger partial charge in [0.15, 0.2) is 6.10 Å². The van der Waals surface area contributed by atoms with Gasteiger partial charge in [0, 0.05) is 5.92 Å². The summed E-state index contributed by atoms with van der Waals surface area (Å²) in [6, 6.07) is 9.85. The Hall–Kier alpha value is -1.08. The van der Waals surface area contributed by atoms with E-state index < -0.39 is 18.2 Å². The summed E-state index contributed by atoms with van der Waals surface area (Å²) in [6.07, 6.45) is -2.20. The molecule has 0 aromatic heterocycles. The first-order chi connectivity index (χ1) is 11.1. The number of hydrogen-bond acceptors (Lipinski definition) is 6. The topological polar surface area (TPSA) is 65.0 Å². The Labute approximate surface area is 141 Å². The van der Waals surface area contributed by atoms with Crippen molar-refractivity contribution in [3.05, 3.63) is 35.9 Å². The number of rotatable bonds is 6. The van der Waals surface area contributed by atoms with Crippen molar-refractivity contribution in [2.45, 2.75) is 44.2 Å². The van der Waals surface area contributed by atoms with Crippen LogP contribution < -0.4 is 0 Å². The summed E-state index contributed by atoms with van der Waals surface area (Å²) in [4.78, 5) is 11.8. The molecular formula is C17H24O5S. The molecule has 1 fully saturated rings. The van der Waals surface area contributed by atoms with Gasteiger partial charge in [-0.15, -0.1) is 11.8 Å². The molecule has 1 aromatic carbocycles. The van der Waals surface area contributed by atoms with E-state index in [4.69, 9.17) is 14.2 Å². The van der Waals surface area contributed by atoms with Gasteiger partial charge >= 0.3 is 5.97 Å². The van der Waals surface area contributed by atoms with Gasteiger partial charge in [-0.25, -0.2) is 4.79 Å². The van der Waals surface area contributed by atoms with Crippen LogP contribution in [0.1, 0.15) is 19.4 Å². The number of carbonyl (C=O) groups excluding carboxylic acids is 1. The average Bonchev–Trinajstić information content (AvgIpc) is 2.58. The van der Waals surface area contributed by atoms with Gasteiger partial charge in [-0.05, 0) is 11.3 Å². The number of esters is 1. The van der Waals surface area contributed by atoms with Crippen LogP contribution in [0.4, 0.5) is 0 Å². The van der Waals surface area contributed by atoms with E-state index in [1.807, 2.05) is 44.2 Å². The van der Waals surface area contributed by atoms with E-state index in [9.17, 15) is 9.90 Å². The predicted octanol–water partition coefficient (Wildman–Crippen LogP) is 2.22. The average molecular weight is 340 g/mol. The lowest BCUT2D eigenvalue weighted by Gasteiger charge is -2.42. The highest BCUT2D eigenvalue weighted by Gasteiger charge is 2.47. The highest BCUT2D eigenvalue weighted by atomic mass is 32.2. The van der Waals surface area contributed by atoms with Gasteiger partial charge in [0.1, 0.15) is 5.44 Å². The van der Waals surface area contributed by atoms with Crippen molar-refractivity contribution in [3.63, 3.8) is 0 Å². The number of methoxy groups -OCH3 is 1. The van der Waals surface area contributed by atoms with Gasteiger partial charge in [0.2, 0.25) is 0 Å². The molecule has 2 unspecified atom stereocenters. The minimum Gasteiger partial charge on any atom is -0.467 e. The van der Waals surface area contributed by atoms with Gasteiger partial charge in [0.25, 0.3) is 0 Å². The van der Waals surface area contributed by atoms with Crippen LogP contribution in [0.15, 0.2) is 30.3 Å². The third-order valence-electron chi connectivity index (χ3n) is 3.97. The van der Waals surface area contributed by atoms with Crippen LogP contribution in [0, 0.1) is 5.92 Å². The fraction of sp³-hybridized carbons (Fsp3) is 0.588. The molecule has 5 atom stereocenters. The van der Waals surface area contributed by atoms with Gasteiger partial charge in [-0.2, -0.15) is 0 Å². The van der Waals surface area contributed by atoms with Crippen molar-refractivity contribution in [2.24, 2.45) is 5.92 Å². The van der Waals surface area contributed by atoms with Crippen molar-refractivity contribution in [3.8, 4) is 0 Å². The summed E-state index contributed by atoms with van der Waals surface area (Å²) < 4.78 is 16.5. The Morgan fingerprint density at radius 2 is 2.04 bits per heavy atom. The molecule has 1 heterocycles. The Morgan fingerprint density at radius 1 is 1.35 bits per heavy atom. The number of benzene rings is 1. The summed E-state index contributed by atoms with van der Waals surface area (Å²) in [5.74, 6) is 0.0419. The molecule has 0 spiro atoms. The van der Waals surface area contributed by atoms with E-state index in [-0.39, 0.29) is 17.5 Å². The van der Waals surface area contributed by atoms with Crippen LogP contribution in [-0.4, -0.2) is 47.7 Å². The molecule has 23 heavy (non-hydrogen) atoms. The first-order valence-corrected chi connectivity index (χ1v) is 8.81. The van der Waals surface area contributed by atoms with E-state index >= 15 is 0 Å². The van der Waals surface area contributed by atoms with Crippen molar-refractivity contribution in [1.82, 2.24) is 0 Å². The zero-order valence-corrected chi connectivity index (χ0v) is 14.5. The van der Waals surface area contributed by atoms with Crippen LogP contribution in [0.5, 0.6) is 0 Å².